The largest absolute Gasteiger partial charge is 0.493 e. The van der Waals surface area contributed by atoms with Gasteiger partial charge in [0, 0.05) is 11.1 Å². The van der Waals surface area contributed by atoms with Crippen LogP contribution in [0.2, 0.25) is 0 Å². The number of carbonyl (C=O) groups excluding carboxylic acids is 1. The van der Waals surface area contributed by atoms with Crippen LogP contribution in [-0.4, -0.2) is 33.2 Å². The van der Waals surface area contributed by atoms with Gasteiger partial charge in [-0.15, -0.1) is 0 Å². The molecule has 0 aliphatic carbocycles. The lowest BCUT2D eigenvalue weighted by Gasteiger charge is -2.37. The molecule has 0 spiro atoms. The molecule has 1 fully saturated rings. The average molecular weight is 527 g/mol. The van der Waals surface area contributed by atoms with E-state index in [0.29, 0.717) is 35.2 Å². The van der Waals surface area contributed by atoms with Crippen LogP contribution in [0.3, 0.4) is 0 Å². The molecule has 3 atom stereocenters. The number of carbonyl (C=O) groups is 1. The molecular formula is C32H30O7. The van der Waals surface area contributed by atoms with Crippen molar-refractivity contribution in [3.63, 3.8) is 0 Å². The summed E-state index contributed by atoms with van der Waals surface area (Å²) in [6, 6.07) is 30.5. The van der Waals surface area contributed by atoms with E-state index in [9.17, 15) is 4.79 Å². The first-order valence-electron chi connectivity index (χ1n) is 12.6. The molecule has 4 aromatic rings. The van der Waals surface area contributed by atoms with Gasteiger partial charge >= 0.3 is 0 Å². The molecule has 1 saturated heterocycles. The Morgan fingerprint density at radius 2 is 1.46 bits per heavy atom. The molecule has 5 rings (SSSR count). The minimum absolute atomic E-state index is 0.261. The van der Waals surface area contributed by atoms with E-state index in [1.54, 1.807) is 25.3 Å². The summed E-state index contributed by atoms with van der Waals surface area (Å²) in [5, 5.41) is 0. The highest BCUT2D eigenvalue weighted by atomic mass is 16.7. The van der Waals surface area contributed by atoms with Crippen molar-refractivity contribution >= 4 is 6.29 Å². The van der Waals surface area contributed by atoms with Crippen molar-refractivity contribution in [2.45, 2.75) is 25.1 Å². The van der Waals surface area contributed by atoms with E-state index in [0.717, 1.165) is 23.0 Å². The molecule has 1 aliphatic rings. The number of rotatable bonds is 10. The van der Waals surface area contributed by atoms with Crippen molar-refractivity contribution in [3.05, 3.63) is 119 Å². The lowest BCUT2D eigenvalue weighted by Crippen LogP contribution is -2.38. The fourth-order valence-electron chi connectivity index (χ4n) is 4.44. The number of benzene rings is 4. The summed E-state index contributed by atoms with van der Waals surface area (Å²) in [5.41, 5.74) is 3.30. The summed E-state index contributed by atoms with van der Waals surface area (Å²) in [6.07, 6.45) is -0.825. The molecule has 0 unspecified atom stereocenters. The molecule has 200 valence electrons. The van der Waals surface area contributed by atoms with Crippen LogP contribution in [0.25, 0.3) is 0 Å². The summed E-state index contributed by atoms with van der Waals surface area (Å²) in [4.78, 5) is 11.2. The van der Waals surface area contributed by atoms with Crippen LogP contribution in [0.15, 0.2) is 97.1 Å². The van der Waals surface area contributed by atoms with E-state index in [-0.39, 0.29) is 6.61 Å². The molecule has 1 heterocycles. The zero-order valence-corrected chi connectivity index (χ0v) is 21.8. The van der Waals surface area contributed by atoms with E-state index in [2.05, 4.69) is 0 Å². The average Bonchev–Trinajstić information content (AvgIpc) is 3.01. The van der Waals surface area contributed by atoms with Gasteiger partial charge in [-0.05, 0) is 41.5 Å². The van der Waals surface area contributed by atoms with Gasteiger partial charge in [0.25, 0.3) is 0 Å². The van der Waals surface area contributed by atoms with Gasteiger partial charge in [0.15, 0.2) is 35.4 Å². The fraction of sp³-hybridized carbons (Fsp3) is 0.219. The highest BCUT2D eigenvalue weighted by Crippen LogP contribution is 2.41. The molecule has 0 saturated carbocycles. The molecule has 7 heteroatoms. The zero-order chi connectivity index (χ0) is 27.0. The molecule has 0 radical (unpaired) electrons. The molecule has 39 heavy (non-hydrogen) atoms. The van der Waals surface area contributed by atoms with E-state index >= 15 is 0 Å². The first-order valence-corrected chi connectivity index (χ1v) is 12.6. The quantitative estimate of drug-likeness (QED) is 0.224. The van der Waals surface area contributed by atoms with Crippen molar-refractivity contribution in [1.82, 2.24) is 0 Å². The number of ether oxygens (including phenoxy) is 6. The maximum atomic E-state index is 11.2. The van der Waals surface area contributed by atoms with Gasteiger partial charge in [0.05, 0.1) is 20.8 Å². The van der Waals surface area contributed by atoms with Crippen LogP contribution in [0, 0.1) is 0 Å². The van der Waals surface area contributed by atoms with Gasteiger partial charge in [-0.3, -0.25) is 4.79 Å². The Morgan fingerprint density at radius 1 is 0.769 bits per heavy atom. The van der Waals surface area contributed by atoms with Gasteiger partial charge in [0.2, 0.25) is 0 Å². The lowest BCUT2D eigenvalue weighted by molar-refractivity contribution is -0.254. The highest BCUT2D eigenvalue weighted by Gasteiger charge is 2.36. The van der Waals surface area contributed by atoms with E-state index < -0.39 is 18.5 Å². The second kappa shape index (κ2) is 12.5. The predicted molar refractivity (Wildman–Crippen MR) is 146 cm³/mol. The van der Waals surface area contributed by atoms with Crippen LogP contribution < -0.4 is 18.9 Å². The standard InChI is InChI=1S/C32H30O7/c1-34-28-17-23(19-33)13-15-27(28)38-30-21-37-32(24-11-7-4-8-12-24)39-31(30)25-14-16-26(29(18-25)35-2)36-20-22-9-5-3-6-10-22/h3-19,30-32H,20-21H2,1-2H3/t30-,31+,32-/m1/s1. The first kappa shape index (κ1) is 26.3. The molecular weight excluding hydrogens is 496 g/mol. The minimum Gasteiger partial charge on any atom is -0.493 e. The summed E-state index contributed by atoms with van der Waals surface area (Å²) in [7, 11) is 3.14. The SMILES string of the molecule is COc1cc([C@@H]2O[C@H](c3ccccc3)OC[C@H]2Oc2ccc(C=O)cc2OC)ccc1OCc1ccccc1. The molecule has 1 aliphatic heterocycles. The summed E-state index contributed by atoms with van der Waals surface area (Å²) >= 11 is 0. The highest BCUT2D eigenvalue weighted by molar-refractivity contribution is 5.76. The fourth-order valence-corrected chi connectivity index (χ4v) is 4.44. The minimum atomic E-state index is -0.574. The van der Waals surface area contributed by atoms with Crippen molar-refractivity contribution in [1.29, 1.82) is 0 Å². The van der Waals surface area contributed by atoms with Crippen LogP contribution in [0.5, 0.6) is 23.0 Å². The Bertz CT molecular complexity index is 1370. The maximum Gasteiger partial charge on any atom is 0.184 e. The van der Waals surface area contributed by atoms with E-state index in [1.807, 2.05) is 78.9 Å². The summed E-state index contributed by atoms with van der Waals surface area (Å²) in [6.45, 7) is 0.681. The second-order valence-electron chi connectivity index (χ2n) is 9.00. The molecule has 7 nitrogen and oxygen atoms in total. The van der Waals surface area contributed by atoms with Crippen molar-refractivity contribution in [2.75, 3.05) is 20.8 Å². The maximum absolute atomic E-state index is 11.2. The smallest absolute Gasteiger partial charge is 0.184 e. The Hall–Kier alpha value is -4.33. The van der Waals surface area contributed by atoms with E-state index in [4.69, 9.17) is 28.4 Å². The normalized spacial score (nSPS) is 18.7. The Morgan fingerprint density at radius 3 is 2.18 bits per heavy atom. The van der Waals surface area contributed by atoms with Crippen LogP contribution in [0.4, 0.5) is 0 Å². The molecule has 0 N–H and O–H groups in total. The predicted octanol–water partition coefficient (Wildman–Crippen LogP) is 6.33. The van der Waals surface area contributed by atoms with Crippen molar-refractivity contribution < 1.29 is 33.2 Å². The monoisotopic (exact) mass is 526 g/mol. The van der Waals surface area contributed by atoms with Crippen molar-refractivity contribution in [2.24, 2.45) is 0 Å². The van der Waals surface area contributed by atoms with Gasteiger partial charge in [-0.2, -0.15) is 0 Å². The molecule has 4 aromatic carbocycles. The van der Waals surface area contributed by atoms with E-state index in [1.165, 1.54) is 7.11 Å². The number of hydrogen-bond donors (Lipinski definition) is 0. The summed E-state index contributed by atoms with van der Waals surface area (Å²) in [5.74, 6) is 2.14. The number of methoxy groups -OCH3 is 2. The topological polar surface area (TPSA) is 72.5 Å². The number of hydrogen-bond acceptors (Lipinski definition) is 7. The van der Waals surface area contributed by atoms with Gasteiger partial charge in [-0.1, -0.05) is 66.7 Å². The Labute approximate surface area is 227 Å². The Kier molecular flexibility index (Phi) is 8.41. The zero-order valence-electron chi connectivity index (χ0n) is 21.8. The van der Waals surface area contributed by atoms with Crippen LogP contribution >= 0.6 is 0 Å². The third-order valence-electron chi connectivity index (χ3n) is 6.45. The molecule has 0 bridgehead atoms. The third-order valence-corrected chi connectivity index (χ3v) is 6.45. The summed E-state index contributed by atoms with van der Waals surface area (Å²) < 4.78 is 36.2. The van der Waals surface area contributed by atoms with Crippen LogP contribution in [-0.2, 0) is 16.1 Å². The Balaban J connectivity index is 1.43. The van der Waals surface area contributed by atoms with Crippen molar-refractivity contribution in [3.8, 4) is 23.0 Å². The van der Waals surface area contributed by atoms with Gasteiger partial charge < -0.3 is 28.4 Å². The lowest BCUT2D eigenvalue weighted by atomic mass is 10.0. The van der Waals surface area contributed by atoms with Gasteiger partial charge in [-0.25, -0.2) is 0 Å². The van der Waals surface area contributed by atoms with Gasteiger partial charge in [0.1, 0.15) is 19.0 Å². The second-order valence-corrected chi connectivity index (χ2v) is 9.00. The van der Waals surface area contributed by atoms with Crippen LogP contribution in [0.1, 0.15) is 39.4 Å². The first-order chi connectivity index (χ1) is 19.2. The number of aldehydes is 1. The molecule has 0 aromatic heterocycles. The third kappa shape index (κ3) is 6.22. The molecule has 0 amide bonds.